The van der Waals surface area contributed by atoms with E-state index in [1.807, 2.05) is 12.1 Å². The number of rotatable bonds is 5. The maximum absolute atomic E-state index is 12.0. The summed E-state index contributed by atoms with van der Waals surface area (Å²) in [5.74, 6) is -0.759. The van der Waals surface area contributed by atoms with Gasteiger partial charge in [0.2, 0.25) is 5.91 Å². The Balaban J connectivity index is 2.00. The van der Waals surface area contributed by atoms with Crippen LogP contribution in [-0.4, -0.2) is 18.5 Å². The van der Waals surface area contributed by atoms with Crippen molar-refractivity contribution in [3.8, 4) is 0 Å². The van der Waals surface area contributed by atoms with E-state index in [4.69, 9.17) is 22.1 Å². The SMILES string of the molecule is NC(=O)CCOC(=O)C1(c2ccc(Cl)cc2)CC1. The lowest BCUT2D eigenvalue weighted by atomic mass is 9.96. The van der Waals surface area contributed by atoms with Gasteiger partial charge in [0.1, 0.15) is 6.61 Å². The van der Waals surface area contributed by atoms with Gasteiger partial charge in [0, 0.05) is 5.02 Å². The molecule has 1 aliphatic rings. The predicted molar refractivity (Wildman–Crippen MR) is 67.1 cm³/mol. The number of halogens is 1. The molecule has 1 amide bonds. The molecule has 0 atom stereocenters. The van der Waals surface area contributed by atoms with Crippen molar-refractivity contribution in [1.82, 2.24) is 0 Å². The summed E-state index contributed by atoms with van der Waals surface area (Å²) < 4.78 is 5.09. The predicted octanol–water partition coefficient (Wildman–Crippen LogP) is 1.79. The zero-order valence-electron chi connectivity index (χ0n) is 9.82. The van der Waals surface area contributed by atoms with E-state index < -0.39 is 11.3 Å². The number of benzene rings is 1. The second kappa shape index (κ2) is 4.98. The summed E-state index contributed by atoms with van der Waals surface area (Å²) in [7, 11) is 0. The zero-order valence-corrected chi connectivity index (χ0v) is 10.6. The number of ether oxygens (including phenoxy) is 1. The first kappa shape index (κ1) is 12.9. The van der Waals surface area contributed by atoms with Crippen LogP contribution in [0.2, 0.25) is 5.02 Å². The second-order valence-corrected chi connectivity index (χ2v) is 4.88. The van der Waals surface area contributed by atoms with Crippen molar-refractivity contribution in [2.75, 3.05) is 6.61 Å². The average Bonchev–Trinajstić information content (AvgIpc) is 3.10. The maximum atomic E-state index is 12.0. The molecule has 4 nitrogen and oxygen atoms in total. The smallest absolute Gasteiger partial charge is 0.316 e. The Kier molecular flexibility index (Phi) is 3.57. The first-order valence-electron chi connectivity index (χ1n) is 5.76. The highest BCUT2D eigenvalue weighted by Crippen LogP contribution is 2.49. The molecule has 2 rings (SSSR count). The Morgan fingerprint density at radius 2 is 1.89 bits per heavy atom. The summed E-state index contributed by atoms with van der Waals surface area (Å²) in [4.78, 5) is 22.6. The van der Waals surface area contributed by atoms with E-state index in [0.29, 0.717) is 5.02 Å². The monoisotopic (exact) mass is 267 g/mol. The Bertz CT molecular complexity index is 466. The molecule has 1 fully saturated rings. The van der Waals surface area contributed by atoms with Gasteiger partial charge < -0.3 is 10.5 Å². The van der Waals surface area contributed by atoms with E-state index >= 15 is 0 Å². The number of primary amides is 1. The fraction of sp³-hybridized carbons (Fsp3) is 0.385. The van der Waals surface area contributed by atoms with Crippen molar-refractivity contribution < 1.29 is 14.3 Å². The van der Waals surface area contributed by atoms with Crippen LogP contribution in [0.4, 0.5) is 0 Å². The van der Waals surface area contributed by atoms with Crippen LogP contribution in [0.1, 0.15) is 24.8 Å². The first-order chi connectivity index (χ1) is 8.54. The van der Waals surface area contributed by atoms with Gasteiger partial charge in [-0.05, 0) is 30.5 Å². The summed E-state index contributed by atoms with van der Waals surface area (Å²) >= 11 is 5.81. The van der Waals surface area contributed by atoms with Gasteiger partial charge in [0.05, 0.1) is 11.8 Å². The van der Waals surface area contributed by atoms with Crippen LogP contribution < -0.4 is 5.73 Å². The molecule has 18 heavy (non-hydrogen) atoms. The number of nitrogens with two attached hydrogens (primary N) is 1. The van der Waals surface area contributed by atoms with Crippen molar-refractivity contribution in [3.63, 3.8) is 0 Å². The molecule has 0 heterocycles. The molecule has 1 aromatic rings. The van der Waals surface area contributed by atoms with E-state index in [9.17, 15) is 9.59 Å². The normalized spacial score (nSPS) is 16.1. The van der Waals surface area contributed by atoms with Crippen LogP contribution in [0.25, 0.3) is 0 Å². The molecule has 0 aliphatic heterocycles. The second-order valence-electron chi connectivity index (χ2n) is 4.44. The standard InChI is InChI=1S/C13H14ClNO3/c14-10-3-1-9(2-4-10)13(6-7-13)12(17)18-8-5-11(15)16/h1-4H,5-8H2,(H2,15,16). The number of hydrogen-bond donors (Lipinski definition) is 1. The van der Waals surface area contributed by atoms with E-state index in [1.165, 1.54) is 0 Å². The topological polar surface area (TPSA) is 69.4 Å². The lowest BCUT2D eigenvalue weighted by Gasteiger charge is -2.14. The number of carbonyl (C=O) groups excluding carboxylic acids is 2. The fourth-order valence-corrected chi connectivity index (χ4v) is 2.01. The molecule has 1 aliphatic carbocycles. The minimum Gasteiger partial charge on any atom is -0.464 e. The van der Waals surface area contributed by atoms with Crippen LogP contribution in [0.5, 0.6) is 0 Å². The third-order valence-corrected chi connectivity index (χ3v) is 3.37. The number of carbonyl (C=O) groups is 2. The average molecular weight is 268 g/mol. The molecule has 1 aromatic carbocycles. The summed E-state index contributed by atoms with van der Waals surface area (Å²) in [5, 5.41) is 0.636. The van der Waals surface area contributed by atoms with Gasteiger partial charge in [-0.15, -0.1) is 0 Å². The third-order valence-electron chi connectivity index (χ3n) is 3.12. The Labute approximate surface area is 110 Å². The van der Waals surface area contributed by atoms with Gasteiger partial charge in [0.15, 0.2) is 0 Å². The molecular weight excluding hydrogens is 254 g/mol. The van der Waals surface area contributed by atoms with Gasteiger partial charge in [-0.2, -0.15) is 0 Å². The minimum atomic E-state index is -0.539. The van der Waals surface area contributed by atoms with Crippen LogP contribution in [0, 0.1) is 0 Å². The minimum absolute atomic E-state index is 0.0451. The molecule has 0 saturated heterocycles. The molecule has 0 bridgehead atoms. The molecule has 5 heteroatoms. The Morgan fingerprint density at radius 3 is 2.39 bits per heavy atom. The lowest BCUT2D eigenvalue weighted by Crippen LogP contribution is -2.25. The van der Waals surface area contributed by atoms with Crippen LogP contribution in [0.15, 0.2) is 24.3 Å². The first-order valence-corrected chi connectivity index (χ1v) is 6.14. The van der Waals surface area contributed by atoms with Crippen molar-refractivity contribution in [2.24, 2.45) is 5.73 Å². The van der Waals surface area contributed by atoms with E-state index in [-0.39, 0.29) is 19.0 Å². The van der Waals surface area contributed by atoms with Gasteiger partial charge >= 0.3 is 5.97 Å². The molecular formula is C13H14ClNO3. The van der Waals surface area contributed by atoms with Gasteiger partial charge in [-0.25, -0.2) is 0 Å². The van der Waals surface area contributed by atoms with Crippen molar-refractivity contribution in [1.29, 1.82) is 0 Å². The number of esters is 1. The third kappa shape index (κ3) is 2.64. The molecule has 0 radical (unpaired) electrons. The Hall–Kier alpha value is -1.55. The Morgan fingerprint density at radius 1 is 1.28 bits per heavy atom. The summed E-state index contributed by atoms with van der Waals surface area (Å²) in [6, 6.07) is 7.19. The zero-order chi connectivity index (χ0) is 13.2. The molecule has 1 saturated carbocycles. The quantitative estimate of drug-likeness (QED) is 0.827. The van der Waals surface area contributed by atoms with E-state index in [0.717, 1.165) is 18.4 Å². The largest absolute Gasteiger partial charge is 0.464 e. The molecule has 0 spiro atoms. The van der Waals surface area contributed by atoms with E-state index in [1.54, 1.807) is 12.1 Å². The summed E-state index contributed by atoms with van der Waals surface area (Å²) in [5.41, 5.74) is 5.36. The highest BCUT2D eigenvalue weighted by Gasteiger charge is 2.52. The maximum Gasteiger partial charge on any atom is 0.316 e. The fourth-order valence-electron chi connectivity index (χ4n) is 1.89. The van der Waals surface area contributed by atoms with Gasteiger partial charge in [-0.3, -0.25) is 9.59 Å². The summed E-state index contributed by atoms with van der Waals surface area (Å²) in [6.07, 6.45) is 1.59. The van der Waals surface area contributed by atoms with Gasteiger partial charge in [-0.1, -0.05) is 23.7 Å². The highest BCUT2D eigenvalue weighted by molar-refractivity contribution is 6.30. The lowest BCUT2D eigenvalue weighted by molar-refractivity contribution is -0.147. The molecule has 2 N–H and O–H groups in total. The van der Waals surface area contributed by atoms with Crippen LogP contribution in [0.3, 0.4) is 0 Å². The van der Waals surface area contributed by atoms with Crippen LogP contribution >= 0.6 is 11.6 Å². The van der Waals surface area contributed by atoms with E-state index in [2.05, 4.69) is 0 Å². The molecule has 0 unspecified atom stereocenters. The molecule has 0 aromatic heterocycles. The van der Waals surface area contributed by atoms with Crippen molar-refractivity contribution in [2.45, 2.75) is 24.7 Å². The van der Waals surface area contributed by atoms with Crippen molar-refractivity contribution in [3.05, 3.63) is 34.9 Å². The summed E-state index contributed by atoms with van der Waals surface area (Å²) in [6.45, 7) is 0.0451. The highest BCUT2D eigenvalue weighted by atomic mass is 35.5. The van der Waals surface area contributed by atoms with Crippen LogP contribution in [-0.2, 0) is 19.7 Å². The number of amides is 1. The van der Waals surface area contributed by atoms with Gasteiger partial charge in [0.25, 0.3) is 0 Å². The number of hydrogen-bond acceptors (Lipinski definition) is 3. The van der Waals surface area contributed by atoms with Crippen molar-refractivity contribution >= 4 is 23.5 Å². The molecule has 96 valence electrons.